The smallest absolute Gasteiger partial charge is 0.222 e. The Labute approximate surface area is 146 Å². The molecule has 0 bridgehead atoms. The molecule has 0 radical (unpaired) electrons. The molecule has 4 heteroatoms. The summed E-state index contributed by atoms with van der Waals surface area (Å²) < 4.78 is 0. The number of H-pyrrole nitrogens is 1. The molecule has 0 aliphatic carbocycles. The molecule has 3 heterocycles. The number of aryl methyl sites for hydroxylation is 1. The molecule has 24 heavy (non-hydrogen) atoms. The van der Waals surface area contributed by atoms with Crippen LogP contribution in [0, 0.1) is 6.92 Å². The molecular formula is C20H23N2OS+. The minimum absolute atomic E-state index is 0.0162. The van der Waals surface area contributed by atoms with Gasteiger partial charge in [0.05, 0.1) is 17.0 Å². The predicted molar refractivity (Wildman–Crippen MR) is 99.0 cm³/mol. The molecule has 1 aliphatic heterocycles. The lowest BCUT2D eigenvalue weighted by atomic mass is 10.00. The van der Waals surface area contributed by atoms with E-state index in [1.165, 1.54) is 22.6 Å². The lowest BCUT2D eigenvalue weighted by molar-refractivity contribution is -0.931. The van der Waals surface area contributed by atoms with Gasteiger partial charge in [-0.05, 0) is 31.4 Å². The third-order valence-corrected chi connectivity index (χ3v) is 6.37. The summed E-state index contributed by atoms with van der Waals surface area (Å²) in [6.07, 6.45) is 2.38. The molecule has 3 nitrogen and oxygen atoms in total. The van der Waals surface area contributed by atoms with E-state index in [2.05, 4.69) is 35.5 Å². The molecule has 1 saturated heterocycles. The Morgan fingerprint density at radius 2 is 2.12 bits per heavy atom. The number of nitrogens with one attached hydrogen (secondary N) is 2. The monoisotopic (exact) mass is 339 g/mol. The van der Waals surface area contributed by atoms with Gasteiger partial charge in [-0.1, -0.05) is 24.3 Å². The number of Topliss-reactive ketones (excluding diaryl/α,β-unsaturated/α-hetero) is 1. The van der Waals surface area contributed by atoms with Gasteiger partial charge in [-0.2, -0.15) is 0 Å². The first kappa shape index (κ1) is 15.6. The summed E-state index contributed by atoms with van der Waals surface area (Å²) in [5.41, 5.74) is 2.92. The number of aromatic nitrogens is 1. The first-order valence-electron chi connectivity index (χ1n) is 8.67. The maximum absolute atomic E-state index is 13.3. The molecule has 1 aromatic carbocycles. The molecule has 2 aromatic heterocycles. The first-order valence-corrected chi connectivity index (χ1v) is 9.55. The molecule has 124 valence electrons. The van der Waals surface area contributed by atoms with Gasteiger partial charge in [0.2, 0.25) is 5.78 Å². The van der Waals surface area contributed by atoms with E-state index in [1.54, 1.807) is 0 Å². The zero-order valence-corrected chi connectivity index (χ0v) is 15.0. The second-order valence-corrected chi connectivity index (χ2v) is 7.77. The van der Waals surface area contributed by atoms with Gasteiger partial charge >= 0.3 is 0 Å². The molecule has 0 saturated carbocycles. The summed E-state index contributed by atoms with van der Waals surface area (Å²) in [4.78, 5) is 19.5. The van der Waals surface area contributed by atoms with Gasteiger partial charge in [-0.3, -0.25) is 4.79 Å². The molecule has 1 aliphatic rings. The maximum Gasteiger partial charge on any atom is 0.222 e. The quantitative estimate of drug-likeness (QED) is 0.701. The van der Waals surface area contributed by atoms with Crippen molar-refractivity contribution in [2.24, 2.45) is 0 Å². The molecule has 1 unspecified atom stereocenters. The summed E-state index contributed by atoms with van der Waals surface area (Å²) in [5.74, 6) is 0.267. The topological polar surface area (TPSA) is 37.3 Å². The highest BCUT2D eigenvalue weighted by molar-refractivity contribution is 7.10. The number of carbonyl (C=O) groups is 1. The predicted octanol–water partition coefficient (Wildman–Crippen LogP) is 3.53. The van der Waals surface area contributed by atoms with Crippen molar-refractivity contribution in [1.82, 2.24) is 4.98 Å². The Hall–Kier alpha value is -1.91. The molecule has 1 fully saturated rings. The van der Waals surface area contributed by atoms with Gasteiger partial charge < -0.3 is 9.88 Å². The molecule has 3 atom stereocenters. The Balaban J connectivity index is 1.67. The standard InChI is InChI=1S/C20H22N2OS/c1-13-19(15-7-3-4-8-16(15)21-13)20(23)14(2)22-11-5-9-17(22)18-10-6-12-24-18/h3-4,6-8,10,12,14,17,21H,5,9,11H2,1-2H3/p+1/t14-,17+/m0/s1. The number of aromatic amines is 1. The number of ketones is 1. The third kappa shape index (κ3) is 2.50. The highest BCUT2D eigenvalue weighted by atomic mass is 32.1. The van der Waals surface area contributed by atoms with Crippen molar-refractivity contribution in [2.45, 2.75) is 38.8 Å². The molecule has 0 spiro atoms. The van der Waals surface area contributed by atoms with E-state index in [-0.39, 0.29) is 11.8 Å². The van der Waals surface area contributed by atoms with Crippen LogP contribution in [0.2, 0.25) is 0 Å². The van der Waals surface area contributed by atoms with E-state index >= 15 is 0 Å². The van der Waals surface area contributed by atoms with Crippen molar-refractivity contribution in [3.8, 4) is 0 Å². The molecule has 0 amide bonds. The van der Waals surface area contributed by atoms with E-state index in [4.69, 9.17) is 0 Å². The SMILES string of the molecule is Cc1[nH]c2ccccc2c1C(=O)[C@H](C)[NH+]1CCC[C@@H]1c1cccs1. The Morgan fingerprint density at radius 1 is 1.29 bits per heavy atom. The number of para-hydroxylation sites is 1. The van der Waals surface area contributed by atoms with Crippen LogP contribution in [0.25, 0.3) is 10.9 Å². The Kier molecular flexibility index (Phi) is 4.02. The fraction of sp³-hybridized carbons (Fsp3) is 0.350. The summed E-state index contributed by atoms with van der Waals surface area (Å²) >= 11 is 1.82. The number of quaternary nitrogens is 1. The van der Waals surface area contributed by atoms with E-state index < -0.39 is 0 Å². The van der Waals surface area contributed by atoms with Gasteiger partial charge in [0.1, 0.15) is 12.1 Å². The summed E-state index contributed by atoms with van der Waals surface area (Å²) in [7, 11) is 0. The van der Waals surface area contributed by atoms with Crippen molar-refractivity contribution in [2.75, 3.05) is 6.54 Å². The average Bonchev–Trinajstić information content (AvgIpc) is 3.31. The van der Waals surface area contributed by atoms with Gasteiger partial charge in [-0.25, -0.2) is 0 Å². The second-order valence-electron chi connectivity index (χ2n) is 6.79. The van der Waals surface area contributed by atoms with Gasteiger partial charge in [0, 0.05) is 29.4 Å². The van der Waals surface area contributed by atoms with E-state index in [1.807, 2.05) is 36.5 Å². The number of benzene rings is 1. The minimum atomic E-state index is -0.0162. The number of rotatable bonds is 4. The lowest BCUT2D eigenvalue weighted by Crippen LogP contribution is -3.14. The van der Waals surface area contributed by atoms with E-state index in [9.17, 15) is 4.79 Å². The third-order valence-electron chi connectivity index (χ3n) is 5.38. The number of hydrogen-bond donors (Lipinski definition) is 2. The van der Waals surface area contributed by atoms with E-state index in [0.717, 1.165) is 28.7 Å². The van der Waals surface area contributed by atoms with Crippen molar-refractivity contribution < 1.29 is 9.69 Å². The van der Waals surface area contributed by atoms with Crippen molar-refractivity contribution in [1.29, 1.82) is 0 Å². The van der Waals surface area contributed by atoms with Gasteiger partial charge in [0.15, 0.2) is 0 Å². The van der Waals surface area contributed by atoms with Crippen LogP contribution < -0.4 is 4.90 Å². The minimum Gasteiger partial charge on any atom is -0.358 e. The lowest BCUT2D eigenvalue weighted by Gasteiger charge is -2.26. The zero-order valence-electron chi connectivity index (χ0n) is 14.1. The summed E-state index contributed by atoms with van der Waals surface area (Å²) in [6, 6.07) is 12.9. The van der Waals surface area contributed by atoms with Crippen LogP contribution in [0.15, 0.2) is 41.8 Å². The van der Waals surface area contributed by atoms with Crippen LogP contribution in [-0.4, -0.2) is 23.4 Å². The van der Waals surface area contributed by atoms with Crippen molar-refractivity contribution in [3.63, 3.8) is 0 Å². The van der Waals surface area contributed by atoms with Crippen LogP contribution >= 0.6 is 11.3 Å². The number of carbonyl (C=O) groups excluding carboxylic acids is 1. The van der Waals surface area contributed by atoms with Crippen LogP contribution in [-0.2, 0) is 0 Å². The normalized spacial score (nSPS) is 22.1. The largest absolute Gasteiger partial charge is 0.358 e. The van der Waals surface area contributed by atoms with Crippen LogP contribution in [0.3, 0.4) is 0 Å². The second kappa shape index (κ2) is 6.19. The summed E-state index contributed by atoms with van der Waals surface area (Å²) in [6.45, 7) is 5.19. The summed E-state index contributed by atoms with van der Waals surface area (Å²) in [5, 5.41) is 3.19. The fourth-order valence-electron chi connectivity index (χ4n) is 4.18. The van der Waals surface area contributed by atoms with Crippen molar-refractivity contribution in [3.05, 3.63) is 57.9 Å². The number of thiophene rings is 1. The number of fused-ring (bicyclic) bond motifs is 1. The van der Waals surface area contributed by atoms with Gasteiger partial charge in [-0.15, -0.1) is 11.3 Å². The van der Waals surface area contributed by atoms with Crippen molar-refractivity contribution >= 4 is 28.0 Å². The maximum atomic E-state index is 13.3. The molecule has 3 aromatic rings. The van der Waals surface area contributed by atoms with Crippen LogP contribution in [0.1, 0.15) is 46.7 Å². The Morgan fingerprint density at radius 3 is 2.92 bits per heavy atom. The molecular weight excluding hydrogens is 316 g/mol. The molecule has 4 rings (SSSR count). The first-order chi connectivity index (χ1) is 11.7. The zero-order chi connectivity index (χ0) is 16.7. The average molecular weight is 339 g/mol. The number of hydrogen-bond acceptors (Lipinski definition) is 2. The number of likely N-dealkylation sites (tertiary alicyclic amines) is 1. The van der Waals surface area contributed by atoms with Crippen LogP contribution in [0.5, 0.6) is 0 Å². The Bertz CT molecular complexity index is 865. The highest BCUT2D eigenvalue weighted by Crippen LogP contribution is 2.26. The highest BCUT2D eigenvalue weighted by Gasteiger charge is 2.38. The fourth-order valence-corrected chi connectivity index (χ4v) is 5.09. The van der Waals surface area contributed by atoms with Crippen LogP contribution in [0.4, 0.5) is 0 Å². The van der Waals surface area contributed by atoms with Gasteiger partial charge in [0.25, 0.3) is 0 Å². The van der Waals surface area contributed by atoms with E-state index in [0.29, 0.717) is 6.04 Å². The molecule has 2 N–H and O–H groups in total.